The fourth-order valence-corrected chi connectivity index (χ4v) is 5.99. The summed E-state index contributed by atoms with van der Waals surface area (Å²) in [5.74, 6) is -2.40. The van der Waals surface area contributed by atoms with Crippen molar-refractivity contribution in [2.45, 2.75) is 140 Å². The Bertz CT molecular complexity index is 1080. The van der Waals surface area contributed by atoms with Crippen LogP contribution in [0.3, 0.4) is 0 Å². The Morgan fingerprint density at radius 3 is 2.16 bits per heavy atom. The number of aliphatic hydroxyl groups is 1. The molecular formula is C36H62NO11PS. The monoisotopic (exact) mass is 747 g/mol. The van der Waals surface area contributed by atoms with Crippen molar-refractivity contribution < 1.29 is 52.9 Å². The number of aliphatic hydroxyl groups excluding tert-OH is 1. The maximum atomic E-state index is 12.8. The minimum Gasteiger partial charge on any atom is -0.481 e. The number of hydrogen-bond donors (Lipinski definition) is 5. The summed E-state index contributed by atoms with van der Waals surface area (Å²) < 4.78 is 26.3. The lowest BCUT2D eigenvalue weighted by atomic mass is 10.1. The zero-order chi connectivity index (χ0) is 37.5. The number of carboxylic acids is 1. The Morgan fingerprint density at radius 2 is 1.48 bits per heavy atom. The Balaban J connectivity index is 5.13. The fourth-order valence-electron chi connectivity index (χ4n) is 4.50. The van der Waals surface area contributed by atoms with Crippen LogP contribution >= 0.6 is 19.6 Å². The summed E-state index contributed by atoms with van der Waals surface area (Å²) in [4.78, 5) is 54.2. The number of phosphoric acid groups is 1. The van der Waals surface area contributed by atoms with Crippen molar-refractivity contribution in [1.82, 2.24) is 0 Å². The Hall–Kier alpha value is -2.25. The number of aliphatic carboxylic acids is 1. The third-order valence-corrected chi connectivity index (χ3v) is 9.24. The number of unbranched alkanes of at least 4 members (excludes halogenated alkanes) is 9. The van der Waals surface area contributed by atoms with Gasteiger partial charge in [-0.3, -0.25) is 18.9 Å². The lowest BCUT2D eigenvalue weighted by Crippen LogP contribution is -2.40. The number of carboxylic acid groups (broad SMARTS) is 1. The van der Waals surface area contributed by atoms with E-state index in [4.69, 9.17) is 30.1 Å². The maximum Gasteiger partial charge on any atom is 0.469 e. The second-order valence-corrected chi connectivity index (χ2v) is 14.5. The van der Waals surface area contributed by atoms with Gasteiger partial charge in [0.25, 0.3) is 0 Å². The van der Waals surface area contributed by atoms with E-state index >= 15 is 0 Å². The maximum absolute atomic E-state index is 12.8. The fraction of sp³-hybridized carbons (Fsp3) is 0.694. The van der Waals surface area contributed by atoms with Crippen LogP contribution < -0.4 is 5.73 Å². The summed E-state index contributed by atoms with van der Waals surface area (Å²) in [7, 11) is -4.90. The summed E-state index contributed by atoms with van der Waals surface area (Å²) in [6, 6.07) is -1.20. The third kappa shape index (κ3) is 30.6. The molecule has 0 unspecified atom stereocenters. The SMILES string of the molecule is CCCCC/C=C\C\C=C/C=C/C=C/[C@@H](SC[C@H](N)C(=O)O[C@H](COC(=O)CCCCCCCCC)COP(=O)(O)O)[C@@H](O)CCCC(=O)O. The quantitative estimate of drug-likeness (QED) is 0.0156. The number of rotatable bonds is 32. The normalized spacial score (nSPS) is 14.8. The summed E-state index contributed by atoms with van der Waals surface area (Å²) in [5.41, 5.74) is 6.07. The first-order valence-electron chi connectivity index (χ1n) is 17.9. The molecule has 0 aromatic carbocycles. The van der Waals surface area contributed by atoms with Gasteiger partial charge in [-0.25, -0.2) is 4.57 Å². The molecule has 50 heavy (non-hydrogen) atoms. The van der Waals surface area contributed by atoms with Gasteiger partial charge in [-0.15, -0.1) is 11.8 Å². The largest absolute Gasteiger partial charge is 0.481 e. The van der Waals surface area contributed by atoms with Crippen LogP contribution in [0.4, 0.5) is 0 Å². The molecule has 0 aliphatic rings. The predicted molar refractivity (Wildman–Crippen MR) is 198 cm³/mol. The van der Waals surface area contributed by atoms with Crippen molar-refractivity contribution in [2.75, 3.05) is 19.0 Å². The second kappa shape index (κ2) is 31.5. The molecule has 288 valence electrons. The van der Waals surface area contributed by atoms with Gasteiger partial charge in [0, 0.05) is 23.8 Å². The van der Waals surface area contributed by atoms with Gasteiger partial charge in [-0.05, 0) is 38.5 Å². The Kier molecular flexibility index (Phi) is 30.1. The predicted octanol–water partition coefficient (Wildman–Crippen LogP) is 6.93. The molecule has 0 rings (SSSR count). The van der Waals surface area contributed by atoms with E-state index in [2.05, 4.69) is 30.5 Å². The number of carbonyl (C=O) groups is 3. The highest BCUT2D eigenvalue weighted by Crippen LogP contribution is 2.36. The molecule has 0 fully saturated rings. The third-order valence-electron chi connectivity index (χ3n) is 7.35. The van der Waals surface area contributed by atoms with Gasteiger partial charge in [-0.2, -0.15) is 0 Å². The number of allylic oxidation sites excluding steroid dienone is 7. The van der Waals surface area contributed by atoms with Gasteiger partial charge < -0.3 is 35.2 Å². The molecule has 0 aromatic heterocycles. The molecule has 0 amide bonds. The van der Waals surface area contributed by atoms with Crippen molar-refractivity contribution in [3.05, 3.63) is 48.6 Å². The molecule has 12 nitrogen and oxygen atoms in total. The number of esters is 2. The van der Waals surface area contributed by atoms with Gasteiger partial charge in [0.2, 0.25) is 0 Å². The second-order valence-electron chi connectivity index (χ2n) is 12.1. The van der Waals surface area contributed by atoms with Gasteiger partial charge in [0.1, 0.15) is 12.6 Å². The van der Waals surface area contributed by atoms with Gasteiger partial charge in [0.05, 0.1) is 12.7 Å². The van der Waals surface area contributed by atoms with E-state index in [-0.39, 0.29) is 31.4 Å². The number of nitrogens with two attached hydrogens (primary N) is 1. The summed E-state index contributed by atoms with van der Waals surface area (Å²) >= 11 is 1.18. The first-order valence-corrected chi connectivity index (χ1v) is 20.5. The molecular weight excluding hydrogens is 685 g/mol. The van der Waals surface area contributed by atoms with E-state index in [1.807, 2.05) is 18.2 Å². The van der Waals surface area contributed by atoms with Crippen LogP contribution in [0, 0.1) is 0 Å². The molecule has 0 radical (unpaired) electrons. The number of hydrogen-bond acceptors (Lipinski definition) is 10. The highest BCUT2D eigenvalue weighted by atomic mass is 32.2. The highest BCUT2D eigenvalue weighted by Gasteiger charge is 2.27. The molecule has 4 atom stereocenters. The van der Waals surface area contributed by atoms with Crippen LogP contribution in [0.1, 0.15) is 117 Å². The first-order chi connectivity index (χ1) is 23.9. The standard InChI is InChI=1S/C36H62NO11PS/c1-3-5-7-9-11-12-13-14-15-17-18-20-24-33(32(38)23-22-25-34(39)40)50-29-31(37)36(42)48-30(28-47-49(43,44)45)27-46-35(41)26-21-19-16-10-8-6-4-2/h11-12,14-15,17-18,20,24,30-33,38H,3-10,13,16,19,21-23,25-29,37H2,1-2H3,(H,39,40)(H2,43,44,45)/b12-11-,15-14-,18-17+,24-20+/t30-,31+,32+,33-/m1/s1. The summed E-state index contributed by atoms with van der Waals surface area (Å²) in [6.07, 6.45) is 26.4. The minimum atomic E-state index is -4.90. The average Bonchev–Trinajstić information content (AvgIpc) is 3.06. The van der Waals surface area contributed by atoms with Crippen molar-refractivity contribution in [3.8, 4) is 0 Å². The molecule has 0 spiro atoms. The van der Waals surface area contributed by atoms with Crippen LogP contribution in [0.15, 0.2) is 48.6 Å². The smallest absolute Gasteiger partial charge is 0.469 e. The van der Waals surface area contributed by atoms with Gasteiger partial charge >= 0.3 is 25.7 Å². The average molecular weight is 748 g/mol. The zero-order valence-corrected chi connectivity index (χ0v) is 31.7. The number of carbonyl (C=O) groups excluding carboxylic acids is 2. The molecule has 0 saturated carbocycles. The van der Waals surface area contributed by atoms with E-state index in [0.29, 0.717) is 6.42 Å². The molecule has 14 heteroatoms. The lowest BCUT2D eigenvalue weighted by Gasteiger charge is -2.23. The Labute approximate surface area is 303 Å². The number of ether oxygens (including phenoxy) is 2. The van der Waals surface area contributed by atoms with Gasteiger partial charge in [-0.1, -0.05) is 114 Å². The van der Waals surface area contributed by atoms with E-state index in [1.165, 1.54) is 37.4 Å². The van der Waals surface area contributed by atoms with E-state index in [1.54, 1.807) is 18.2 Å². The van der Waals surface area contributed by atoms with Crippen LogP contribution in [-0.4, -0.2) is 80.4 Å². The van der Waals surface area contributed by atoms with E-state index in [9.17, 15) is 24.1 Å². The Morgan fingerprint density at radius 1 is 0.820 bits per heavy atom. The van der Waals surface area contributed by atoms with E-state index in [0.717, 1.165) is 44.9 Å². The zero-order valence-electron chi connectivity index (χ0n) is 29.9. The topological polar surface area (TPSA) is 203 Å². The molecule has 0 heterocycles. The van der Waals surface area contributed by atoms with Crippen LogP contribution in [-0.2, 0) is 32.9 Å². The van der Waals surface area contributed by atoms with Gasteiger partial charge in [0.15, 0.2) is 6.10 Å². The van der Waals surface area contributed by atoms with E-state index < -0.39 is 62.4 Å². The van der Waals surface area contributed by atoms with Crippen molar-refractivity contribution >= 4 is 37.5 Å². The van der Waals surface area contributed by atoms with Crippen molar-refractivity contribution in [3.63, 3.8) is 0 Å². The molecule has 0 saturated heterocycles. The number of phosphoric ester groups is 1. The summed E-state index contributed by atoms with van der Waals surface area (Å²) in [5, 5.41) is 19.2. The summed E-state index contributed by atoms with van der Waals surface area (Å²) in [6.45, 7) is 3.13. The molecule has 6 N–H and O–H groups in total. The van der Waals surface area contributed by atoms with Crippen LogP contribution in [0.5, 0.6) is 0 Å². The molecule has 0 bridgehead atoms. The number of thioether (sulfide) groups is 1. The molecule has 0 aliphatic heterocycles. The van der Waals surface area contributed by atoms with Crippen molar-refractivity contribution in [1.29, 1.82) is 0 Å². The first kappa shape index (κ1) is 47.8. The molecule has 0 aliphatic carbocycles. The highest BCUT2D eigenvalue weighted by molar-refractivity contribution is 8.00. The lowest BCUT2D eigenvalue weighted by molar-refractivity contribution is -0.161. The minimum absolute atomic E-state index is 0.00214. The van der Waals surface area contributed by atoms with Crippen LogP contribution in [0.2, 0.25) is 0 Å². The van der Waals surface area contributed by atoms with Crippen molar-refractivity contribution in [2.24, 2.45) is 5.73 Å². The van der Waals surface area contributed by atoms with Crippen LogP contribution in [0.25, 0.3) is 0 Å². The molecule has 0 aromatic rings.